The molecule has 2 fully saturated rings. The topological polar surface area (TPSA) is 91.6 Å². The molecule has 0 aromatic carbocycles. The van der Waals surface area contributed by atoms with Crippen molar-refractivity contribution >= 4 is 11.8 Å². The van der Waals surface area contributed by atoms with E-state index in [2.05, 4.69) is 27.2 Å². The van der Waals surface area contributed by atoms with Crippen LogP contribution >= 0.6 is 0 Å². The second kappa shape index (κ2) is 7.94. The standard InChI is InChI=1S/C21H27N5O3/c1-3-18(27)26-10-5-8-21(14-26)17(7-11-25(21)2)24-19(28)16-13-29-20(23-16)15-6-4-9-22-12-15/h4,6,9,12-13,17H,3,5,7-8,10-11,14H2,1-2H3,(H,24,28). The van der Waals surface area contributed by atoms with Gasteiger partial charge in [0.1, 0.15) is 6.26 Å². The third-order valence-corrected chi connectivity index (χ3v) is 6.27. The number of likely N-dealkylation sites (tertiary alicyclic amines) is 2. The molecule has 2 atom stereocenters. The molecule has 1 N–H and O–H groups in total. The number of nitrogens with zero attached hydrogens (tertiary/aromatic N) is 4. The van der Waals surface area contributed by atoms with E-state index in [0.29, 0.717) is 18.9 Å². The number of piperidine rings is 1. The Morgan fingerprint density at radius 2 is 2.24 bits per heavy atom. The van der Waals surface area contributed by atoms with Gasteiger partial charge < -0.3 is 14.6 Å². The second-order valence-corrected chi connectivity index (χ2v) is 7.89. The molecule has 29 heavy (non-hydrogen) atoms. The number of rotatable bonds is 4. The Kier molecular flexibility index (Phi) is 5.36. The lowest BCUT2D eigenvalue weighted by Crippen LogP contribution is -2.64. The SMILES string of the molecule is CCC(=O)N1CCCC2(C1)C(NC(=O)c1coc(-c3cccnc3)n1)CCN2C. The average Bonchev–Trinajstić information content (AvgIpc) is 3.36. The highest BCUT2D eigenvalue weighted by molar-refractivity contribution is 5.92. The highest BCUT2D eigenvalue weighted by atomic mass is 16.3. The minimum Gasteiger partial charge on any atom is -0.444 e. The van der Waals surface area contributed by atoms with Gasteiger partial charge in [-0.1, -0.05) is 6.92 Å². The highest BCUT2D eigenvalue weighted by Crippen LogP contribution is 2.36. The molecule has 2 aliphatic rings. The van der Waals surface area contributed by atoms with E-state index in [1.165, 1.54) is 6.26 Å². The first kappa shape index (κ1) is 19.6. The summed E-state index contributed by atoms with van der Waals surface area (Å²) < 4.78 is 5.48. The van der Waals surface area contributed by atoms with E-state index in [9.17, 15) is 9.59 Å². The Balaban J connectivity index is 1.50. The first-order valence-electron chi connectivity index (χ1n) is 10.2. The summed E-state index contributed by atoms with van der Waals surface area (Å²) in [7, 11) is 2.09. The van der Waals surface area contributed by atoms with Crippen molar-refractivity contribution in [2.75, 3.05) is 26.7 Å². The molecule has 8 nitrogen and oxygen atoms in total. The molecule has 8 heteroatoms. The summed E-state index contributed by atoms with van der Waals surface area (Å²) in [5.74, 6) is 0.299. The van der Waals surface area contributed by atoms with Crippen LogP contribution in [0.5, 0.6) is 0 Å². The van der Waals surface area contributed by atoms with Crippen LogP contribution in [-0.4, -0.2) is 69.8 Å². The molecular weight excluding hydrogens is 370 g/mol. The molecular formula is C21H27N5O3. The third kappa shape index (κ3) is 3.64. The average molecular weight is 397 g/mol. The Morgan fingerprint density at radius 3 is 3.00 bits per heavy atom. The minimum absolute atomic E-state index is 0.0361. The maximum absolute atomic E-state index is 12.9. The molecule has 1 spiro atoms. The summed E-state index contributed by atoms with van der Waals surface area (Å²) in [4.78, 5) is 37.8. The number of hydrogen-bond donors (Lipinski definition) is 1. The van der Waals surface area contributed by atoms with Crippen LogP contribution in [-0.2, 0) is 4.79 Å². The molecule has 0 bridgehead atoms. The molecule has 2 aromatic rings. The number of pyridine rings is 1. The van der Waals surface area contributed by atoms with Crippen LogP contribution in [0.2, 0.25) is 0 Å². The van der Waals surface area contributed by atoms with Crippen molar-refractivity contribution in [2.45, 2.75) is 44.2 Å². The molecule has 4 rings (SSSR count). The Labute approximate surface area is 170 Å². The van der Waals surface area contributed by atoms with Gasteiger partial charge in [-0.25, -0.2) is 4.98 Å². The number of amides is 2. The Morgan fingerprint density at radius 1 is 1.38 bits per heavy atom. The van der Waals surface area contributed by atoms with Crippen LogP contribution < -0.4 is 5.32 Å². The number of carbonyl (C=O) groups excluding carboxylic acids is 2. The van der Waals surface area contributed by atoms with Crippen molar-refractivity contribution in [3.8, 4) is 11.5 Å². The summed E-state index contributed by atoms with van der Waals surface area (Å²) in [6, 6.07) is 3.60. The first-order valence-corrected chi connectivity index (χ1v) is 10.2. The van der Waals surface area contributed by atoms with E-state index in [-0.39, 0.29) is 29.1 Å². The van der Waals surface area contributed by atoms with E-state index < -0.39 is 0 Å². The van der Waals surface area contributed by atoms with Crippen molar-refractivity contribution in [2.24, 2.45) is 0 Å². The molecule has 0 aliphatic carbocycles. The zero-order valence-electron chi connectivity index (χ0n) is 16.9. The number of hydrogen-bond acceptors (Lipinski definition) is 6. The fourth-order valence-corrected chi connectivity index (χ4v) is 4.62. The van der Waals surface area contributed by atoms with E-state index in [4.69, 9.17) is 4.42 Å². The summed E-state index contributed by atoms with van der Waals surface area (Å²) in [5.41, 5.74) is 0.754. The van der Waals surface area contributed by atoms with Crippen molar-refractivity contribution in [3.63, 3.8) is 0 Å². The summed E-state index contributed by atoms with van der Waals surface area (Å²) in [5, 5.41) is 3.17. The quantitative estimate of drug-likeness (QED) is 0.848. The summed E-state index contributed by atoms with van der Waals surface area (Å²) in [6.45, 7) is 4.23. The zero-order chi connectivity index (χ0) is 20.4. The number of aromatic nitrogens is 2. The van der Waals surface area contributed by atoms with E-state index >= 15 is 0 Å². The van der Waals surface area contributed by atoms with Gasteiger partial charge in [0.15, 0.2) is 5.69 Å². The van der Waals surface area contributed by atoms with Crippen molar-refractivity contribution in [1.29, 1.82) is 0 Å². The summed E-state index contributed by atoms with van der Waals surface area (Å²) in [6.07, 6.45) is 7.97. The van der Waals surface area contributed by atoms with Gasteiger partial charge in [-0.15, -0.1) is 0 Å². The van der Waals surface area contributed by atoms with Crippen LogP contribution in [0.4, 0.5) is 0 Å². The van der Waals surface area contributed by atoms with E-state index in [0.717, 1.165) is 37.9 Å². The lowest BCUT2D eigenvalue weighted by molar-refractivity contribution is -0.134. The predicted octanol–water partition coefficient (Wildman–Crippen LogP) is 1.94. The van der Waals surface area contributed by atoms with Crippen LogP contribution in [0.1, 0.15) is 43.1 Å². The van der Waals surface area contributed by atoms with Gasteiger partial charge in [-0.2, -0.15) is 0 Å². The lowest BCUT2D eigenvalue weighted by Gasteiger charge is -2.47. The van der Waals surface area contributed by atoms with Crippen molar-refractivity contribution < 1.29 is 14.0 Å². The van der Waals surface area contributed by atoms with Gasteiger partial charge in [0.2, 0.25) is 11.8 Å². The molecule has 4 heterocycles. The molecule has 2 unspecified atom stereocenters. The molecule has 2 saturated heterocycles. The number of carbonyl (C=O) groups is 2. The minimum atomic E-state index is -0.248. The molecule has 2 amide bonds. The molecule has 2 aliphatic heterocycles. The molecule has 0 radical (unpaired) electrons. The van der Waals surface area contributed by atoms with E-state index in [1.54, 1.807) is 18.5 Å². The maximum atomic E-state index is 12.9. The third-order valence-electron chi connectivity index (χ3n) is 6.27. The van der Waals surface area contributed by atoms with Gasteiger partial charge in [0.05, 0.1) is 17.1 Å². The van der Waals surface area contributed by atoms with Crippen molar-refractivity contribution in [1.82, 2.24) is 25.1 Å². The van der Waals surface area contributed by atoms with Crippen molar-refractivity contribution in [3.05, 3.63) is 36.5 Å². The predicted molar refractivity (Wildman–Crippen MR) is 107 cm³/mol. The van der Waals surface area contributed by atoms with E-state index in [1.807, 2.05) is 17.9 Å². The Hall–Kier alpha value is -2.74. The number of likely N-dealkylation sites (N-methyl/N-ethyl adjacent to an activating group) is 1. The smallest absolute Gasteiger partial charge is 0.273 e. The molecule has 154 valence electrons. The van der Waals surface area contributed by atoms with Gasteiger partial charge in [0, 0.05) is 38.4 Å². The normalized spacial score (nSPS) is 24.8. The fourth-order valence-electron chi connectivity index (χ4n) is 4.62. The number of oxazole rings is 1. The van der Waals surface area contributed by atoms with Crippen LogP contribution in [0.15, 0.2) is 35.2 Å². The number of nitrogens with one attached hydrogen (secondary N) is 1. The lowest BCUT2D eigenvalue weighted by atomic mass is 9.82. The summed E-state index contributed by atoms with van der Waals surface area (Å²) >= 11 is 0. The zero-order valence-corrected chi connectivity index (χ0v) is 16.9. The first-order chi connectivity index (χ1) is 14.0. The van der Waals surface area contributed by atoms with Gasteiger partial charge in [-0.3, -0.25) is 19.5 Å². The van der Waals surface area contributed by atoms with Crippen LogP contribution in [0, 0.1) is 0 Å². The second-order valence-electron chi connectivity index (χ2n) is 7.89. The molecule has 0 saturated carbocycles. The van der Waals surface area contributed by atoms with Crippen LogP contribution in [0.25, 0.3) is 11.5 Å². The maximum Gasteiger partial charge on any atom is 0.273 e. The van der Waals surface area contributed by atoms with Gasteiger partial charge in [0.25, 0.3) is 5.91 Å². The monoisotopic (exact) mass is 397 g/mol. The molecule has 2 aromatic heterocycles. The van der Waals surface area contributed by atoms with Gasteiger partial charge in [-0.05, 0) is 38.4 Å². The van der Waals surface area contributed by atoms with Crippen LogP contribution in [0.3, 0.4) is 0 Å². The Bertz CT molecular complexity index is 883. The fraction of sp³-hybridized carbons (Fsp3) is 0.524. The largest absolute Gasteiger partial charge is 0.444 e. The highest BCUT2D eigenvalue weighted by Gasteiger charge is 2.50. The van der Waals surface area contributed by atoms with Gasteiger partial charge >= 0.3 is 0 Å².